The van der Waals surface area contributed by atoms with Gasteiger partial charge in [0.05, 0.1) is 18.2 Å². The molecule has 1 rings (SSSR count). The van der Waals surface area contributed by atoms with Crippen LogP contribution in [0.2, 0.25) is 0 Å². The fraction of sp³-hybridized carbons (Fsp3) is 0.417. The maximum Gasteiger partial charge on any atom is 0.254 e. The van der Waals surface area contributed by atoms with Gasteiger partial charge in [0.1, 0.15) is 0 Å². The number of nitrogens with two attached hydrogens (primary N) is 1. The maximum absolute atomic E-state index is 13.5. The van der Waals surface area contributed by atoms with E-state index in [2.05, 4.69) is 5.32 Å². The van der Waals surface area contributed by atoms with Crippen molar-refractivity contribution in [3.8, 4) is 5.75 Å². The Balaban J connectivity index is 2.97. The summed E-state index contributed by atoms with van der Waals surface area (Å²) in [4.78, 5) is 11.8. The minimum atomic E-state index is -1.74. The molecule has 5 nitrogen and oxygen atoms in total. The highest BCUT2D eigenvalue weighted by Gasteiger charge is 2.23. The number of phenols is 1. The molecule has 0 heterocycles. The van der Waals surface area contributed by atoms with Crippen LogP contribution in [0.25, 0.3) is 0 Å². The molecule has 1 aromatic rings. The number of carbonyl (C=O) groups is 1. The van der Waals surface area contributed by atoms with E-state index in [1.54, 1.807) is 0 Å². The number of hydrogen-bond donors (Lipinski definition) is 3. The van der Waals surface area contributed by atoms with Crippen molar-refractivity contribution >= 4 is 5.91 Å². The Bertz CT molecular complexity index is 491. The van der Waals surface area contributed by atoms with Crippen molar-refractivity contribution in [3.63, 3.8) is 0 Å². The first-order valence-corrected chi connectivity index (χ1v) is 5.78. The fourth-order valence-electron chi connectivity index (χ4n) is 1.62. The van der Waals surface area contributed by atoms with Gasteiger partial charge in [-0.3, -0.25) is 4.79 Å². The first kappa shape index (κ1) is 16.3. The fourth-order valence-corrected chi connectivity index (χ4v) is 1.62. The van der Waals surface area contributed by atoms with Gasteiger partial charge in [0.25, 0.3) is 5.91 Å². The van der Waals surface area contributed by atoms with Gasteiger partial charge in [-0.25, -0.2) is 8.78 Å². The van der Waals surface area contributed by atoms with Gasteiger partial charge in [0, 0.05) is 7.11 Å². The molecule has 0 aliphatic rings. The van der Waals surface area contributed by atoms with Crippen molar-refractivity contribution in [2.75, 3.05) is 20.3 Å². The Kier molecular flexibility index (Phi) is 5.78. The molecule has 4 N–H and O–H groups in total. The Hall–Kier alpha value is -1.80. The number of halogens is 3. The predicted molar refractivity (Wildman–Crippen MR) is 64.8 cm³/mol. The second kappa shape index (κ2) is 7.11. The van der Waals surface area contributed by atoms with Crippen molar-refractivity contribution in [2.24, 2.45) is 5.73 Å². The van der Waals surface area contributed by atoms with Crippen LogP contribution in [0.4, 0.5) is 13.2 Å². The topological polar surface area (TPSA) is 84.6 Å². The predicted octanol–water partition coefficient (Wildman–Crippen LogP) is 0.903. The smallest absolute Gasteiger partial charge is 0.254 e. The lowest BCUT2D eigenvalue weighted by atomic mass is 10.1. The van der Waals surface area contributed by atoms with E-state index in [-0.39, 0.29) is 13.2 Å². The molecule has 0 saturated carbocycles. The van der Waals surface area contributed by atoms with Gasteiger partial charge in [-0.15, -0.1) is 0 Å². The summed E-state index contributed by atoms with van der Waals surface area (Å²) in [6.45, 7) is 0.375. The quantitative estimate of drug-likeness (QED) is 0.680. The first-order chi connectivity index (χ1) is 9.42. The normalized spacial score (nSPS) is 12.2. The highest BCUT2D eigenvalue weighted by atomic mass is 19.2. The van der Waals surface area contributed by atoms with E-state index in [0.717, 1.165) is 0 Å². The third-order valence-corrected chi connectivity index (χ3v) is 2.60. The molecule has 0 aliphatic carbocycles. The van der Waals surface area contributed by atoms with Crippen molar-refractivity contribution in [1.82, 2.24) is 5.32 Å². The highest BCUT2D eigenvalue weighted by molar-refractivity contribution is 5.95. The largest absolute Gasteiger partial charge is 0.503 e. The van der Waals surface area contributed by atoms with Crippen molar-refractivity contribution in [3.05, 3.63) is 29.1 Å². The molecule has 1 atom stereocenters. The van der Waals surface area contributed by atoms with E-state index in [1.807, 2.05) is 0 Å². The van der Waals surface area contributed by atoms with Crippen molar-refractivity contribution in [2.45, 2.75) is 12.5 Å². The number of rotatable bonds is 6. The zero-order valence-electron chi connectivity index (χ0n) is 10.8. The molecule has 0 saturated heterocycles. The summed E-state index contributed by atoms with van der Waals surface area (Å²) < 4.78 is 44.4. The maximum atomic E-state index is 13.5. The summed E-state index contributed by atoms with van der Waals surface area (Å²) in [7, 11) is 1.40. The summed E-state index contributed by atoms with van der Waals surface area (Å²) in [6, 6.07) is -0.126. The Labute approximate surface area is 113 Å². The summed E-state index contributed by atoms with van der Waals surface area (Å²) >= 11 is 0. The third kappa shape index (κ3) is 3.61. The van der Waals surface area contributed by atoms with Crippen LogP contribution < -0.4 is 11.1 Å². The van der Waals surface area contributed by atoms with Gasteiger partial charge in [-0.2, -0.15) is 4.39 Å². The lowest BCUT2D eigenvalue weighted by Gasteiger charge is -2.17. The number of aromatic hydroxyl groups is 1. The Morgan fingerprint density at radius 1 is 1.45 bits per heavy atom. The first-order valence-electron chi connectivity index (χ1n) is 5.78. The van der Waals surface area contributed by atoms with Gasteiger partial charge in [0.15, 0.2) is 17.4 Å². The summed E-state index contributed by atoms with van der Waals surface area (Å²) in [5.74, 6) is -7.31. The van der Waals surface area contributed by atoms with E-state index in [4.69, 9.17) is 15.6 Å². The van der Waals surface area contributed by atoms with Gasteiger partial charge < -0.3 is 20.9 Å². The van der Waals surface area contributed by atoms with E-state index >= 15 is 0 Å². The zero-order valence-corrected chi connectivity index (χ0v) is 10.8. The second-order valence-electron chi connectivity index (χ2n) is 4.09. The van der Waals surface area contributed by atoms with E-state index in [0.29, 0.717) is 12.5 Å². The monoisotopic (exact) mass is 292 g/mol. The molecular weight excluding hydrogens is 277 g/mol. The lowest BCUT2D eigenvalue weighted by molar-refractivity contribution is 0.0887. The minimum Gasteiger partial charge on any atom is -0.503 e. The van der Waals surface area contributed by atoms with Crippen LogP contribution in [-0.2, 0) is 4.74 Å². The second-order valence-corrected chi connectivity index (χ2v) is 4.09. The third-order valence-electron chi connectivity index (χ3n) is 2.60. The number of methoxy groups -OCH3 is 1. The molecule has 1 aromatic carbocycles. The van der Waals surface area contributed by atoms with E-state index in [9.17, 15) is 18.0 Å². The van der Waals surface area contributed by atoms with Crippen LogP contribution in [0.3, 0.4) is 0 Å². The summed E-state index contributed by atoms with van der Waals surface area (Å²) in [5.41, 5.74) is 4.55. The van der Waals surface area contributed by atoms with Crippen LogP contribution in [-0.4, -0.2) is 37.3 Å². The molecule has 1 amide bonds. The molecule has 0 fully saturated rings. The van der Waals surface area contributed by atoms with Crippen LogP contribution in [0.15, 0.2) is 6.07 Å². The molecule has 0 radical (unpaired) electrons. The van der Waals surface area contributed by atoms with Gasteiger partial charge >= 0.3 is 0 Å². The molecule has 112 valence electrons. The van der Waals surface area contributed by atoms with Crippen LogP contribution in [0.5, 0.6) is 5.75 Å². The van der Waals surface area contributed by atoms with E-state index in [1.165, 1.54) is 7.11 Å². The molecule has 0 spiro atoms. The molecule has 0 aromatic heterocycles. The van der Waals surface area contributed by atoms with E-state index < -0.39 is 40.7 Å². The highest BCUT2D eigenvalue weighted by Crippen LogP contribution is 2.25. The van der Waals surface area contributed by atoms with Crippen molar-refractivity contribution in [1.29, 1.82) is 0 Å². The molecule has 0 bridgehead atoms. The number of amides is 1. The molecule has 0 aliphatic heterocycles. The number of benzene rings is 1. The average Bonchev–Trinajstić information content (AvgIpc) is 2.41. The zero-order chi connectivity index (χ0) is 15.3. The lowest BCUT2D eigenvalue weighted by Crippen LogP contribution is -2.39. The number of phenolic OH excluding ortho intramolecular Hbond substituents is 1. The number of carbonyl (C=O) groups excluding carboxylic acids is 1. The van der Waals surface area contributed by atoms with Crippen LogP contribution in [0, 0.1) is 17.5 Å². The van der Waals surface area contributed by atoms with Crippen molar-refractivity contribution < 1.29 is 27.8 Å². The summed E-state index contributed by atoms with van der Waals surface area (Å²) in [6.07, 6.45) is 0.358. The molecule has 20 heavy (non-hydrogen) atoms. The standard InChI is InChI=1S/C12H15F3N2O3/c1-20-5-6(2-3-16)17-12(19)7-4-8(13)10(15)11(18)9(7)14/h4,6,18H,2-3,5,16H2,1H3,(H,17,19). The Morgan fingerprint density at radius 3 is 2.65 bits per heavy atom. The molecule has 8 heteroatoms. The number of hydrogen-bond acceptors (Lipinski definition) is 4. The van der Waals surface area contributed by atoms with Crippen LogP contribution in [0.1, 0.15) is 16.8 Å². The molecule has 1 unspecified atom stereocenters. The van der Waals surface area contributed by atoms with Gasteiger partial charge in [0.2, 0.25) is 5.82 Å². The molecular formula is C12H15F3N2O3. The number of ether oxygens (including phenoxy) is 1. The van der Waals surface area contributed by atoms with Gasteiger partial charge in [-0.05, 0) is 19.0 Å². The SMILES string of the molecule is COCC(CCN)NC(=O)c1cc(F)c(F)c(O)c1F. The summed E-state index contributed by atoms with van der Waals surface area (Å²) in [5, 5.41) is 11.4. The average molecular weight is 292 g/mol. The minimum absolute atomic E-state index is 0.125. The number of nitrogens with one attached hydrogen (secondary N) is 1. The van der Waals surface area contributed by atoms with Crippen LogP contribution >= 0.6 is 0 Å². The Morgan fingerprint density at radius 2 is 2.10 bits per heavy atom. The van der Waals surface area contributed by atoms with Gasteiger partial charge in [-0.1, -0.05) is 0 Å².